The minimum absolute atomic E-state index is 0.0634. The molecule has 2 aromatic carbocycles. The van der Waals surface area contributed by atoms with Gasteiger partial charge in [0, 0.05) is 5.56 Å². The van der Waals surface area contributed by atoms with Gasteiger partial charge in [-0.15, -0.1) is 10.2 Å². The van der Waals surface area contributed by atoms with Crippen molar-refractivity contribution < 1.29 is 0 Å². The Morgan fingerprint density at radius 1 is 0.800 bits per heavy atom. The summed E-state index contributed by atoms with van der Waals surface area (Å²) in [6.45, 7) is 0. The molecule has 2 rings (SSSR count). The topological polar surface area (TPSA) is 76.8 Å². The van der Waals surface area contributed by atoms with Crippen molar-refractivity contribution >= 4 is 17.7 Å². The van der Waals surface area contributed by atoms with Gasteiger partial charge in [-0.2, -0.15) is 0 Å². The van der Waals surface area contributed by atoms with Crippen LogP contribution in [0.4, 0.5) is 0 Å². The molecule has 0 amide bonds. The second-order valence-corrected chi connectivity index (χ2v) is 4.12. The van der Waals surface area contributed by atoms with Crippen molar-refractivity contribution in [1.29, 1.82) is 0 Å². The molecule has 0 saturated carbocycles. The summed E-state index contributed by atoms with van der Waals surface area (Å²) in [6, 6.07) is 19.7. The Labute approximate surface area is 118 Å². The van der Waals surface area contributed by atoms with E-state index in [1.807, 2.05) is 72.8 Å². The molecular weight excluding hydrogens is 248 g/mol. The average molecular weight is 264 g/mol. The van der Waals surface area contributed by atoms with Crippen molar-refractivity contribution in [2.24, 2.45) is 21.7 Å². The van der Waals surface area contributed by atoms with Gasteiger partial charge in [-0.3, -0.25) is 0 Å². The number of guanidine groups is 1. The molecule has 2 aromatic rings. The molecule has 0 unspecified atom stereocenters. The van der Waals surface area contributed by atoms with Gasteiger partial charge >= 0.3 is 0 Å². The normalized spacial score (nSPS) is 11.5. The third-order valence-electron chi connectivity index (χ3n) is 2.58. The van der Waals surface area contributed by atoms with Gasteiger partial charge in [-0.25, -0.2) is 0 Å². The third-order valence-corrected chi connectivity index (χ3v) is 2.58. The lowest BCUT2D eigenvalue weighted by Gasteiger charge is -2.00. The maximum absolute atomic E-state index is 5.32. The van der Waals surface area contributed by atoms with Crippen molar-refractivity contribution in [3.05, 3.63) is 77.9 Å². The maximum Gasteiger partial charge on any atom is 0.211 e. The average Bonchev–Trinajstić information content (AvgIpc) is 2.49. The second kappa shape index (κ2) is 6.89. The van der Waals surface area contributed by atoms with Crippen LogP contribution in [-0.2, 0) is 0 Å². The molecule has 4 N–H and O–H groups in total. The van der Waals surface area contributed by atoms with Crippen LogP contribution in [0.5, 0.6) is 0 Å². The monoisotopic (exact) mass is 264 g/mol. The number of hydrogen-bond acceptors (Lipinski definition) is 2. The van der Waals surface area contributed by atoms with E-state index in [2.05, 4.69) is 10.2 Å². The number of benzene rings is 2. The molecule has 100 valence electrons. The molecule has 0 bridgehead atoms. The lowest BCUT2D eigenvalue weighted by Crippen LogP contribution is -2.22. The Hall–Kier alpha value is -2.88. The number of allylic oxidation sites excluding steroid dienone is 1. The molecule has 0 saturated heterocycles. The Morgan fingerprint density at radius 2 is 1.40 bits per heavy atom. The van der Waals surface area contributed by atoms with E-state index in [4.69, 9.17) is 11.5 Å². The highest BCUT2D eigenvalue weighted by molar-refractivity contribution is 6.10. The van der Waals surface area contributed by atoms with Gasteiger partial charge in [-0.1, -0.05) is 66.7 Å². The molecule has 4 heteroatoms. The molecule has 0 spiro atoms. The first-order chi connectivity index (χ1) is 9.75. The van der Waals surface area contributed by atoms with Crippen LogP contribution in [0.1, 0.15) is 11.1 Å². The first-order valence-corrected chi connectivity index (χ1v) is 6.21. The fraction of sp³-hybridized carbons (Fsp3) is 0. The molecular formula is C16H16N4. The second-order valence-electron chi connectivity index (χ2n) is 4.12. The Morgan fingerprint density at radius 3 is 2.00 bits per heavy atom. The number of hydrogen-bond donors (Lipinski definition) is 2. The smallest absolute Gasteiger partial charge is 0.211 e. The van der Waals surface area contributed by atoms with Crippen molar-refractivity contribution in [2.75, 3.05) is 0 Å². The summed E-state index contributed by atoms with van der Waals surface area (Å²) in [7, 11) is 0. The van der Waals surface area contributed by atoms with Crippen LogP contribution in [0, 0.1) is 0 Å². The molecule has 0 aliphatic heterocycles. The van der Waals surface area contributed by atoms with E-state index in [1.54, 1.807) is 0 Å². The maximum atomic E-state index is 5.32. The number of nitrogens with zero attached hydrogens (tertiary/aromatic N) is 2. The summed E-state index contributed by atoms with van der Waals surface area (Å²) >= 11 is 0. The number of nitrogens with two attached hydrogens (primary N) is 2. The predicted octanol–water partition coefficient (Wildman–Crippen LogP) is 2.38. The molecule has 0 fully saturated rings. The predicted molar refractivity (Wildman–Crippen MR) is 84.3 cm³/mol. The summed E-state index contributed by atoms with van der Waals surface area (Å²) in [6.07, 6.45) is 3.85. The fourth-order valence-electron chi connectivity index (χ4n) is 1.65. The lowest BCUT2D eigenvalue weighted by molar-refractivity contribution is 1.20. The molecule has 0 atom stereocenters. The van der Waals surface area contributed by atoms with Crippen LogP contribution >= 0.6 is 0 Å². The highest BCUT2D eigenvalue weighted by Gasteiger charge is 1.98. The molecule has 0 aromatic heterocycles. The molecule has 20 heavy (non-hydrogen) atoms. The van der Waals surface area contributed by atoms with E-state index in [0.29, 0.717) is 5.71 Å². The first kappa shape index (κ1) is 13.5. The molecule has 0 aliphatic carbocycles. The van der Waals surface area contributed by atoms with E-state index >= 15 is 0 Å². The quantitative estimate of drug-likeness (QED) is 0.505. The van der Waals surface area contributed by atoms with Gasteiger partial charge in [0.05, 0.1) is 5.71 Å². The highest BCUT2D eigenvalue weighted by atomic mass is 15.3. The zero-order chi connectivity index (χ0) is 14.2. The standard InChI is InChI=1S/C16H16N4/c17-16(18)20-19-15(14-9-5-2-6-10-14)12-11-13-7-3-1-4-8-13/h1-12H,(H4,17,18,20)/b12-11+,19-15+. The van der Waals surface area contributed by atoms with Crippen LogP contribution < -0.4 is 11.5 Å². The summed E-state index contributed by atoms with van der Waals surface area (Å²) in [5.74, 6) is -0.0634. The van der Waals surface area contributed by atoms with Crippen LogP contribution in [-0.4, -0.2) is 11.7 Å². The van der Waals surface area contributed by atoms with Gasteiger partial charge in [-0.05, 0) is 11.6 Å². The SMILES string of the molecule is NC(N)=N/N=C(\C=C\c1ccccc1)c1ccccc1. The zero-order valence-electron chi connectivity index (χ0n) is 11.0. The first-order valence-electron chi connectivity index (χ1n) is 6.21. The van der Waals surface area contributed by atoms with Crippen LogP contribution in [0.2, 0.25) is 0 Å². The van der Waals surface area contributed by atoms with Gasteiger partial charge in [0.1, 0.15) is 0 Å². The van der Waals surface area contributed by atoms with Gasteiger partial charge in [0.25, 0.3) is 0 Å². The van der Waals surface area contributed by atoms with E-state index < -0.39 is 0 Å². The minimum atomic E-state index is -0.0634. The van der Waals surface area contributed by atoms with Crippen molar-refractivity contribution in [2.45, 2.75) is 0 Å². The minimum Gasteiger partial charge on any atom is -0.369 e. The van der Waals surface area contributed by atoms with E-state index in [0.717, 1.165) is 11.1 Å². The van der Waals surface area contributed by atoms with E-state index in [1.165, 1.54) is 0 Å². The Balaban J connectivity index is 2.31. The third kappa shape index (κ3) is 4.10. The molecule has 0 radical (unpaired) electrons. The van der Waals surface area contributed by atoms with Gasteiger partial charge in [0.15, 0.2) is 0 Å². The summed E-state index contributed by atoms with van der Waals surface area (Å²) in [4.78, 5) is 0. The molecule has 0 aliphatic rings. The van der Waals surface area contributed by atoms with Gasteiger partial charge in [0.2, 0.25) is 5.96 Å². The van der Waals surface area contributed by atoms with Crippen molar-refractivity contribution in [3.63, 3.8) is 0 Å². The van der Waals surface area contributed by atoms with Crippen LogP contribution in [0.15, 0.2) is 76.9 Å². The van der Waals surface area contributed by atoms with Crippen LogP contribution in [0.25, 0.3) is 6.08 Å². The number of rotatable bonds is 4. The largest absolute Gasteiger partial charge is 0.369 e. The van der Waals surface area contributed by atoms with Crippen LogP contribution in [0.3, 0.4) is 0 Å². The zero-order valence-corrected chi connectivity index (χ0v) is 11.0. The van der Waals surface area contributed by atoms with E-state index in [-0.39, 0.29) is 5.96 Å². The highest BCUT2D eigenvalue weighted by Crippen LogP contribution is 2.07. The van der Waals surface area contributed by atoms with Crippen molar-refractivity contribution in [1.82, 2.24) is 0 Å². The molecule has 0 heterocycles. The Bertz CT molecular complexity index is 624. The van der Waals surface area contributed by atoms with E-state index in [9.17, 15) is 0 Å². The lowest BCUT2D eigenvalue weighted by atomic mass is 10.1. The Kier molecular flexibility index (Phi) is 4.67. The van der Waals surface area contributed by atoms with Gasteiger partial charge < -0.3 is 11.5 Å². The summed E-state index contributed by atoms with van der Waals surface area (Å²) < 4.78 is 0. The molecule has 4 nitrogen and oxygen atoms in total. The summed E-state index contributed by atoms with van der Waals surface area (Å²) in [5, 5.41) is 7.80. The fourth-order valence-corrected chi connectivity index (χ4v) is 1.65. The summed E-state index contributed by atoms with van der Waals surface area (Å²) in [5.41, 5.74) is 13.4. The van der Waals surface area contributed by atoms with Crippen molar-refractivity contribution in [3.8, 4) is 0 Å².